The van der Waals surface area contributed by atoms with E-state index in [0.717, 1.165) is 23.4 Å². The van der Waals surface area contributed by atoms with Crippen LogP contribution in [0.4, 0.5) is 13.2 Å². The van der Waals surface area contributed by atoms with Crippen LogP contribution in [0.15, 0.2) is 42.6 Å². The Morgan fingerprint density at radius 1 is 1.14 bits per heavy atom. The average Bonchev–Trinajstić information content (AvgIpc) is 3.15. The summed E-state index contributed by atoms with van der Waals surface area (Å²) in [7, 11) is 1.64. The first-order valence-corrected chi connectivity index (χ1v) is 9.61. The number of hydrogen-bond acceptors (Lipinski definition) is 5. The molecule has 1 aliphatic heterocycles. The van der Waals surface area contributed by atoms with Gasteiger partial charge in [0.15, 0.2) is 0 Å². The van der Waals surface area contributed by atoms with E-state index in [1.807, 2.05) is 24.3 Å². The van der Waals surface area contributed by atoms with Crippen molar-refractivity contribution in [2.45, 2.75) is 25.7 Å². The normalized spacial score (nSPS) is 14.7. The van der Waals surface area contributed by atoms with Crippen LogP contribution in [0.1, 0.15) is 22.0 Å². The zero-order chi connectivity index (χ0) is 19.7. The predicted octanol–water partition coefficient (Wildman–Crippen LogP) is 4.79. The third-order valence-electron chi connectivity index (χ3n) is 4.68. The number of benzene rings is 1. The second-order valence-electron chi connectivity index (χ2n) is 6.62. The fraction of sp³-hybridized carbons (Fsp3) is 0.300. The lowest BCUT2D eigenvalue weighted by molar-refractivity contribution is -0.145. The van der Waals surface area contributed by atoms with E-state index in [1.165, 1.54) is 16.0 Å². The fourth-order valence-corrected chi connectivity index (χ4v) is 4.30. The minimum absolute atomic E-state index is 0.498. The Labute approximate surface area is 164 Å². The summed E-state index contributed by atoms with van der Waals surface area (Å²) < 4.78 is 43.5. The lowest BCUT2D eigenvalue weighted by Gasteiger charge is -2.27. The van der Waals surface area contributed by atoms with E-state index in [0.29, 0.717) is 25.2 Å². The molecule has 0 saturated carbocycles. The van der Waals surface area contributed by atoms with Crippen molar-refractivity contribution < 1.29 is 17.9 Å². The number of halogens is 3. The van der Waals surface area contributed by atoms with Crippen molar-refractivity contribution >= 4 is 11.3 Å². The lowest BCUT2D eigenvalue weighted by Crippen LogP contribution is -2.31. The summed E-state index contributed by atoms with van der Waals surface area (Å²) in [6.45, 7) is 1.99. The Bertz CT molecular complexity index is 970. The summed E-state index contributed by atoms with van der Waals surface area (Å²) >= 11 is 1.72. The fourth-order valence-electron chi connectivity index (χ4n) is 3.24. The van der Waals surface area contributed by atoms with Crippen LogP contribution >= 0.6 is 11.3 Å². The molecule has 0 saturated heterocycles. The smallest absolute Gasteiger partial charge is 0.451 e. The van der Waals surface area contributed by atoms with Crippen molar-refractivity contribution in [3.05, 3.63) is 64.6 Å². The van der Waals surface area contributed by atoms with Crippen molar-refractivity contribution in [3.8, 4) is 16.2 Å². The van der Waals surface area contributed by atoms with Gasteiger partial charge in [-0.15, -0.1) is 11.3 Å². The van der Waals surface area contributed by atoms with Crippen LogP contribution in [0, 0.1) is 0 Å². The maximum Gasteiger partial charge on any atom is 0.451 e. The predicted molar refractivity (Wildman–Crippen MR) is 101 cm³/mol. The van der Waals surface area contributed by atoms with Gasteiger partial charge in [-0.2, -0.15) is 13.2 Å². The van der Waals surface area contributed by atoms with E-state index in [9.17, 15) is 13.2 Å². The molecule has 0 fully saturated rings. The Balaban J connectivity index is 1.44. The maximum atomic E-state index is 12.8. The van der Waals surface area contributed by atoms with Gasteiger partial charge in [-0.1, -0.05) is 0 Å². The van der Waals surface area contributed by atoms with E-state index >= 15 is 0 Å². The number of aromatic nitrogens is 2. The molecule has 0 bridgehead atoms. The van der Waals surface area contributed by atoms with Crippen LogP contribution in [0.3, 0.4) is 0 Å². The molecule has 3 aromatic rings. The molecule has 2 aromatic heterocycles. The zero-order valence-electron chi connectivity index (χ0n) is 15.2. The number of alkyl halides is 3. The number of ether oxygens (including phenoxy) is 1. The Morgan fingerprint density at radius 3 is 2.64 bits per heavy atom. The van der Waals surface area contributed by atoms with Gasteiger partial charge in [0.2, 0.25) is 5.82 Å². The van der Waals surface area contributed by atoms with Gasteiger partial charge in [0.25, 0.3) is 0 Å². The molecule has 0 amide bonds. The molecule has 28 heavy (non-hydrogen) atoms. The molecule has 0 aliphatic carbocycles. The molecule has 1 aromatic carbocycles. The van der Waals surface area contributed by atoms with Crippen molar-refractivity contribution in [1.82, 2.24) is 14.9 Å². The highest BCUT2D eigenvalue weighted by Gasteiger charge is 2.35. The highest BCUT2D eigenvalue weighted by Crippen LogP contribution is 2.31. The number of rotatable bonds is 4. The standard InChI is InChI=1S/C20H18F3N3OS/c1-27-15-4-2-13(3-5-15)18-7-6-16(28-18)12-26-9-8-17-14(11-26)10-24-19(25-17)20(21,22)23/h2-7,10H,8-9,11-12H2,1H3. The number of nitrogens with zero attached hydrogens (tertiary/aromatic N) is 3. The van der Waals surface area contributed by atoms with Crippen LogP contribution in [-0.2, 0) is 25.7 Å². The first kappa shape index (κ1) is 18.9. The molecular weight excluding hydrogens is 387 g/mol. The van der Waals surface area contributed by atoms with E-state index in [1.54, 1.807) is 18.4 Å². The molecule has 0 N–H and O–H groups in total. The summed E-state index contributed by atoms with van der Waals surface area (Å²) in [5, 5.41) is 0. The maximum absolute atomic E-state index is 12.8. The first-order chi connectivity index (χ1) is 13.4. The summed E-state index contributed by atoms with van der Waals surface area (Å²) in [5.74, 6) is -0.231. The Hall–Kier alpha value is -2.45. The van der Waals surface area contributed by atoms with E-state index < -0.39 is 12.0 Å². The molecule has 8 heteroatoms. The van der Waals surface area contributed by atoms with Crippen LogP contribution in [0.2, 0.25) is 0 Å². The van der Waals surface area contributed by atoms with Crippen molar-refractivity contribution in [3.63, 3.8) is 0 Å². The van der Waals surface area contributed by atoms with Crippen LogP contribution < -0.4 is 4.74 Å². The van der Waals surface area contributed by atoms with Crippen molar-refractivity contribution in [2.24, 2.45) is 0 Å². The van der Waals surface area contributed by atoms with Crippen LogP contribution in [-0.4, -0.2) is 28.5 Å². The van der Waals surface area contributed by atoms with Gasteiger partial charge >= 0.3 is 6.18 Å². The number of thiophene rings is 1. The quantitative estimate of drug-likeness (QED) is 0.626. The Morgan fingerprint density at radius 2 is 1.93 bits per heavy atom. The summed E-state index contributed by atoms with van der Waals surface area (Å²) in [4.78, 5) is 11.8. The van der Waals surface area contributed by atoms with Crippen LogP contribution in [0.25, 0.3) is 10.4 Å². The van der Waals surface area contributed by atoms with E-state index in [2.05, 4.69) is 27.0 Å². The average molecular weight is 405 g/mol. The largest absolute Gasteiger partial charge is 0.497 e. The SMILES string of the molecule is COc1ccc(-c2ccc(CN3CCc4nc(C(F)(F)F)ncc4C3)s2)cc1. The number of fused-ring (bicyclic) bond motifs is 1. The topological polar surface area (TPSA) is 38.2 Å². The highest BCUT2D eigenvalue weighted by atomic mass is 32.1. The lowest BCUT2D eigenvalue weighted by atomic mass is 10.1. The summed E-state index contributed by atoms with van der Waals surface area (Å²) in [5.41, 5.74) is 2.41. The number of methoxy groups -OCH3 is 1. The molecule has 0 radical (unpaired) electrons. The van der Waals surface area contributed by atoms with Gasteiger partial charge in [0.1, 0.15) is 5.75 Å². The van der Waals surface area contributed by atoms with Gasteiger partial charge in [0, 0.05) is 47.6 Å². The summed E-state index contributed by atoms with van der Waals surface area (Å²) in [6.07, 6.45) is -2.69. The molecule has 0 atom stereocenters. The van der Waals surface area contributed by atoms with Crippen molar-refractivity contribution in [2.75, 3.05) is 13.7 Å². The van der Waals surface area contributed by atoms with Gasteiger partial charge in [-0.25, -0.2) is 9.97 Å². The molecule has 0 unspecified atom stereocenters. The highest BCUT2D eigenvalue weighted by molar-refractivity contribution is 7.15. The zero-order valence-corrected chi connectivity index (χ0v) is 16.0. The van der Waals surface area contributed by atoms with Gasteiger partial charge < -0.3 is 4.74 Å². The second-order valence-corrected chi connectivity index (χ2v) is 7.79. The van der Waals surface area contributed by atoms with Crippen LogP contribution in [0.5, 0.6) is 5.75 Å². The molecule has 146 valence electrons. The van der Waals surface area contributed by atoms with Crippen molar-refractivity contribution in [1.29, 1.82) is 0 Å². The minimum atomic E-state index is -4.50. The third kappa shape index (κ3) is 4.02. The monoisotopic (exact) mass is 405 g/mol. The number of hydrogen-bond donors (Lipinski definition) is 0. The third-order valence-corrected chi connectivity index (χ3v) is 5.80. The molecule has 4 nitrogen and oxygen atoms in total. The minimum Gasteiger partial charge on any atom is -0.497 e. The summed E-state index contributed by atoms with van der Waals surface area (Å²) in [6, 6.07) is 12.1. The van der Waals surface area contributed by atoms with E-state index in [-0.39, 0.29) is 0 Å². The second kappa shape index (κ2) is 7.52. The van der Waals surface area contributed by atoms with Gasteiger partial charge in [-0.05, 0) is 42.0 Å². The Kier molecular flexibility index (Phi) is 5.07. The van der Waals surface area contributed by atoms with Gasteiger partial charge in [-0.3, -0.25) is 4.90 Å². The van der Waals surface area contributed by atoms with E-state index in [4.69, 9.17) is 4.74 Å². The molecule has 3 heterocycles. The molecular formula is C20H18F3N3OS. The van der Waals surface area contributed by atoms with Gasteiger partial charge in [0.05, 0.1) is 12.8 Å². The molecule has 1 aliphatic rings. The molecule has 0 spiro atoms. The first-order valence-electron chi connectivity index (χ1n) is 8.80. The molecule has 4 rings (SSSR count).